The van der Waals surface area contributed by atoms with E-state index in [-0.39, 0.29) is 11.5 Å². The maximum atomic E-state index is 14.1. The molecule has 10 heteroatoms. The van der Waals surface area contributed by atoms with Crippen LogP contribution in [0, 0.1) is 24.6 Å². The highest BCUT2D eigenvalue weighted by Crippen LogP contribution is 2.56. The van der Waals surface area contributed by atoms with Gasteiger partial charge in [-0.15, -0.1) is 0 Å². The average molecular weight is 468 g/mol. The zero-order chi connectivity index (χ0) is 24.4. The van der Waals surface area contributed by atoms with Crippen LogP contribution in [0.2, 0.25) is 0 Å². The van der Waals surface area contributed by atoms with Crippen molar-refractivity contribution in [1.82, 2.24) is 10.5 Å². The van der Waals surface area contributed by atoms with Gasteiger partial charge in [-0.1, -0.05) is 23.4 Å². The van der Waals surface area contributed by atoms with E-state index in [0.717, 1.165) is 0 Å². The molecule has 2 aromatic rings. The van der Waals surface area contributed by atoms with Crippen LogP contribution >= 0.6 is 0 Å². The van der Waals surface area contributed by atoms with Crippen molar-refractivity contribution in [2.45, 2.75) is 51.0 Å². The lowest BCUT2D eigenvalue weighted by Gasteiger charge is -2.34. The lowest BCUT2D eigenvalue weighted by atomic mass is 9.74. The molecular weight excluding hydrogens is 443 g/mol. The molecule has 5 atom stereocenters. The largest absolute Gasteiger partial charge is 0.360 e. The summed E-state index contributed by atoms with van der Waals surface area (Å²) in [5, 5.41) is 9.37. The molecule has 2 N–H and O–H groups in total. The Bertz CT molecular complexity index is 1220. The van der Waals surface area contributed by atoms with Gasteiger partial charge in [0, 0.05) is 17.3 Å². The summed E-state index contributed by atoms with van der Waals surface area (Å²) in [6.45, 7) is 7.16. The Kier molecular flexibility index (Phi) is 4.91. The number of nitrogens with one attached hydrogen (secondary N) is 2. The van der Waals surface area contributed by atoms with Crippen molar-refractivity contribution < 1.29 is 28.0 Å². The molecule has 3 aliphatic rings. The summed E-state index contributed by atoms with van der Waals surface area (Å²) in [4.78, 5) is 41.9. The number of benzene rings is 1. The van der Waals surface area contributed by atoms with Gasteiger partial charge in [-0.25, -0.2) is 4.39 Å². The minimum Gasteiger partial charge on any atom is -0.360 e. The molecule has 1 aromatic heterocycles. The summed E-state index contributed by atoms with van der Waals surface area (Å²) in [5.41, 5.74) is -1.75. The third-order valence-corrected chi connectivity index (χ3v) is 6.29. The third-order valence-electron chi connectivity index (χ3n) is 6.29. The second kappa shape index (κ2) is 7.49. The molecule has 9 nitrogen and oxygen atoms in total. The third kappa shape index (κ3) is 3.40. The molecule has 0 unspecified atom stereocenters. The highest BCUT2D eigenvalue weighted by Gasteiger charge is 2.73. The average Bonchev–Trinajstić information content (AvgIpc) is 3.47. The van der Waals surface area contributed by atoms with Crippen LogP contribution in [0.15, 0.2) is 47.0 Å². The van der Waals surface area contributed by atoms with E-state index in [9.17, 15) is 18.8 Å². The van der Waals surface area contributed by atoms with Crippen LogP contribution in [0.3, 0.4) is 0 Å². The van der Waals surface area contributed by atoms with Crippen molar-refractivity contribution in [2.75, 3.05) is 10.2 Å². The summed E-state index contributed by atoms with van der Waals surface area (Å²) in [5.74, 6) is -3.10. The smallest absolute Gasteiger partial charge is 0.246 e. The van der Waals surface area contributed by atoms with Gasteiger partial charge in [0.15, 0.2) is 5.82 Å². The molecule has 3 aliphatic heterocycles. The van der Waals surface area contributed by atoms with Crippen LogP contribution in [0.4, 0.5) is 15.9 Å². The van der Waals surface area contributed by atoms with Gasteiger partial charge in [-0.05, 0) is 45.9 Å². The van der Waals surface area contributed by atoms with Gasteiger partial charge in [0.05, 0.1) is 17.9 Å². The maximum Gasteiger partial charge on any atom is 0.246 e. The predicted octanol–water partition coefficient (Wildman–Crippen LogP) is 2.33. The van der Waals surface area contributed by atoms with E-state index in [1.54, 1.807) is 31.2 Å². The Balaban J connectivity index is 1.56. The number of hydrogen-bond donors (Lipinski definition) is 2. The Morgan fingerprint density at radius 2 is 1.97 bits per heavy atom. The number of aromatic nitrogens is 1. The van der Waals surface area contributed by atoms with Crippen molar-refractivity contribution in [3.8, 4) is 0 Å². The van der Waals surface area contributed by atoms with Gasteiger partial charge in [-0.3, -0.25) is 19.3 Å². The van der Waals surface area contributed by atoms with Crippen molar-refractivity contribution >= 4 is 29.2 Å². The number of rotatable bonds is 4. The lowest BCUT2D eigenvalue weighted by Crippen LogP contribution is -2.58. The van der Waals surface area contributed by atoms with Crippen LogP contribution in [-0.4, -0.2) is 46.2 Å². The molecule has 0 radical (unpaired) electrons. The van der Waals surface area contributed by atoms with E-state index in [1.165, 1.54) is 23.1 Å². The van der Waals surface area contributed by atoms with Gasteiger partial charge >= 0.3 is 0 Å². The van der Waals surface area contributed by atoms with Crippen LogP contribution in [0.5, 0.6) is 0 Å². The van der Waals surface area contributed by atoms with E-state index < -0.39 is 58.7 Å². The van der Waals surface area contributed by atoms with Gasteiger partial charge in [-0.2, -0.15) is 0 Å². The molecule has 0 aliphatic carbocycles. The van der Waals surface area contributed by atoms with E-state index >= 15 is 0 Å². The van der Waals surface area contributed by atoms with E-state index in [2.05, 4.69) is 15.8 Å². The molecule has 1 aromatic carbocycles. The van der Waals surface area contributed by atoms with Gasteiger partial charge in [0.1, 0.15) is 23.2 Å². The normalized spacial score (nSPS) is 29.4. The van der Waals surface area contributed by atoms with Crippen molar-refractivity contribution in [1.29, 1.82) is 0 Å². The first-order chi connectivity index (χ1) is 16.0. The Morgan fingerprint density at radius 3 is 2.62 bits per heavy atom. The molecule has 4 heterocycles. The van der Waals surface area contributed by atoms with Crippen LogP contribution in [0.1, 0.15) is 26.5 Å². The van der Waals surface area contributed by atoms with E-state index in [4.69, 9.17) is 9.26 Å². The minimum atomic E-state index is -1.37. The number of ether oxygens (including phenoxy) is 1. The monoisotopic (exact) mass is 468 g/mol. The number of carbonyl (C=O) groups is 3. The summed E-state index contributed by atoms with van der Waals surface area (Å²) in [6, 6.07) is 5.90. The number of hydrogen-bond acceptors (Lipinski definition) is 6. The fraction of sp³-hybridized carbons (Fsp3) is 0.417. The molecule has 2 fully saturated rings. The maximum absolute atomic E-state index is 14.1. The van der Waals surface area contributed by atoms with Crippen LogP contribution in [-0.2, 0) is 19.1 Å². The van der Waals surface area contributed by atoms with Crippen molar-refractivity contribution in [2.24, 2.45) is 11.8 Å². The zero-order valence-electron chi connectivity index (χ0n) is 19.2. The number of nitrogens with zero attached hydrogens (tertiary/aromatic N) is 2. The van der Waals surface area contributed by atoms with Crippen molar-refractivity contribution in [3.63, 3.8) is 0 Å². The molecule has 5 rings (SSSR count). The first-order valence-electron chi connectivity index (χ1n) is 11.0. The quantitative estimate of drug-likeness (QED) is 0.666. The Hall–Kier alpha value is -3.53. The first kappa shape index (κ1) is 22.3. The Morgan fingerprint density at radius 1 is 1.21 bits per heavy atom. The standard InChI is InChI=1S/C24H25FN4O5/c1-12-10-16(28-34-12)26-20(30)17-15-8-9-24(33-15)18(17)22(32)29(14-7-5-6-13(25)11-14)19(24)21(31)27-23(2,3)4/h5-11,15,17-19H,1-4H3,(H,27,31)(H,26,28,30)/t15-,17-,18-,19-,24-/m1/s1. The van der Waals surface area contributed by atoms with Crippen LogP contribution < -0.4 is 15.5 Å². The molecular formula is C24H25FN4O5. The predicted molar refractivity (Wildman–Crippen MR) is 119 cm³/mol. The van der Waals surface area contributed by atoms with Gasteiger partial charge < -0.3 is 19.9 Å². The number of aryl methyl sites for hydroxylation is 1. The highest BCUT2D eigenvalue weighted by molar-refractivity contribution is 6.11. The first-order valence-corrected chi connectivity index (χ1v) is 11.0. The molecule has 34 heavy (non-hydrogen) atoms. The SMILES string of the molecule is Cc1cc(NC(=O)[C@@H]2[C@H]3C=C[C@@]4(O3)[C@H]2C(=O)N(c2cccc(F)c2)[C@@H]4C(=O)NC(C)(C)C)no1. The van der Waals surface area contributed by atoms with Gasteiger partial charge in [0.25, 0.3) is 0 Å². The number of amides is 3. The zero-order valence-corrected chi connectivity index (χ0v) is 19.2. The molecule has 3 amide bonds. The number of fused-ring (bicyclic) bond motifs is 1. The fourth-order valence-electron chi connectivity index (χ4n) is 5.15. The molecule has 178 valence electrons. The topological polar surface area (TPSA) is 114 Å². The van der Waals surface area contributed by atoms with Crippen LogP contribution in [0.25, 0.3) is 0 Å². The molecule has 0 saturated carbocycles. The molecule has 1 spiro atoms. The van der Waals surface area contributed by atoms with Crippen molar-refractivity contribution in [3.05, 3.63) is 54.1 Å². The van der Waals surface area contributed by atoms with Gasteiger partial charge in [0.2, 0.25) is 17.7 Å². The lowest BCUT2D eigenvalue weighted by molar-refractivity contribution is -0.129. The Labute approximate surface area is 195 Å². The number of anilines is 2. The minimum absolute atomic E-state index is 0.217. The fourth-order valence-corrected chi connectivity index (χ4v) is 5.15. The summed E-state index contributed by atoms with van der Waals surface area (Å²) >= 11 is 0. The number of halogens is 1. The molecule has 2 saturated heterocycles. The summed E-state index contributed by atoms with van der Waals surface area (Å²) < 4.78 is 25.3. The second-order valence-corrected chi connectivity index (χ2v) is 9.94. The second-order valence-electron chi connectivity index (χ2n) is 9.94. The number of carbonyl (C=O) groups excluding carboxylic acids is 3. The molecule has 2 bridgehead atoms. The summed E-state index contributed by atoms with van der Waals surface area (Å²) in [7, 11) is 0. The van der Waals surface area contributed by atoms with E-state index in [1.807, 2.05) is 20.8 Å². The van der Waals surface area contributed by atoms with E-state index in [0.29, 0.717) is 5.76 Å². The highest BCUT2D eigenvalue weighted by atomic mass is 19.1. The summed E-state index contributed by atoms with van der Waals surface area (Å²) in [6.07, 6.45) is 2.70.